The van der Waals surface area contributed by atoms with Crippen LogP contribution in [0.1, 0.15) is 13.8 Å². The standard InChI is InChI=1S/C13H16O2/c1-13(2,11-7-3-5-9-14-11)12-8-4-6-10-15-12/h3-12H,1-2H3. The molecule has 0 aromatic carbocycles. The fourth-order valence-corrected chi connectivity index (χ4v) is 1.78. The minimum absolute atomic E-state index is 0.0589. The molecule has 0 saturated heterocycles. The van der Waals surface area contributed by atoms with Gasteiger partial charge in [0.05, 0.1) is 12.5 Å². The lowest BCUT2D eigenvalue weighted by Gasteiger charge is -2.37. The van der Waals surface area contributed by atoms with E-state index in [0.29, 0.717) is 0 Å². The first-order valence-corrected chi connectivity index (χ1v) is 5.19. The van der Waals surface area contributed by atoms with Crippen LogP contribution in [-0.2, 0) is 9.47 Å². The Kier molecular flexibility index (Phi) is 2.67. The number of ether oxygens (including phenoxy) is 2. The van der Waals surface area contributed by atoms with Crippen LogP contribution in [0, 0.1) is 5.41 Å². The van der Waals surface area contributed by atoms with E-state index in [-0.39, 0.29) is 17.6 Å². The molecule has 2 nitrogen and oxygen atoms in total. The molecule has 0 aliphatic carbocycles. The second-order valence-corrected chi connectivity index (χ2v) is 4.36. The molecule has 2 aliphatic heterocycles. The monoisotopic (exact) mass is 204 g/mol. The lowest BCUT2D eigenvalue weighted by molar-refractivity contribution is -0.0176. The molecule has 2 heteroatoms. The van der Waals surface area contributed by atoms with E-state index in [1.165, 1.54) is 0 Å². The van der Waals surface area contributed by atoms with Gasteiger partial charge in [-0.3, -0.25) is 0 Å². The summed E-state index contributed by atoms with van der Waals surface area (Å²) >= 11 is 0. The smallest absolute Gasteiger partial charge is 0.125 e. The van der Waals surface area contributed by atoms with E-state index in [2.05, 4.69) is 26.0 Å². The first-order valence-electron chi connectivity index (χ1n) is 5.19. The molecule has 2 atom stereocenters. The Balaban J connectivity index is 2.11. The fourth-order valence-electron chi connectivity index (χ4n) is 1.78. The van der Waals surface area contributed by atoms with Crippen molar-refractivity contribution in [2.75, 3.05) is 0 Å². The number of rotatable bonds is 2. The van der Waals surface area contributed by atoms with E-state index in [0.717, 1.165) is 0 Å². The Morgan fingerprint density at radius 3 is 1.60 bits per heavy atom. The van der Waals surface area contributed by atoms with Crippen molar-refractivity contribution in [3.05, 3.63) is 49.0 Å². The second-order valence-electron chi connectivity index (χ2n) is 4.36. The van der Waals surface area contributed by atoms with Crippen LogP contribution >= 0.6 is 0 Å². The van der Waals surface area contributed by atoms with Gasteiger partial charge in [0.1, 0.15) is 12.2 Å². The molecule has 0 radical (unpaired) electrons. The number of hydrogen-bond acceptors (Lipinski definition) is 2. The van der Waals surface area contributed by atoms with Crippen molar-refractivity contribution in [2.24, 2.45) is 5.41 Å². The molecular weight excluding hydrogens is 188 g/mol. The summed E-state index contributed by atoms with van der Waals surface area (Å²) in [4.78, 5) is 0. The zero-order chi connectivity index (χ0) is 10.7. The van der Waals surface area contributed by atoms with Gasteiger partial charge < -0.3 is 9.47 Å². The van der Waals surface area contributed by atoms with Gasteiger partial charge in [0, 0.05) is 5.41 Å². The van der Waals surface area contributed by atoms with E-state index in [4.69, 9.17) is 9.47 Å². The van der Waals surface area contributed by atoms with Gasteiger partial charge in [0.2, 0.25) is 0 Å². The molecule has 2 aliphatic rings. The maximum absolute atomic E-state index is 5.59. The molecule has 0 amide bonds. The Morgan fingerprint density at radius 2 is 1.27 bits per heavy atom. The van der Waals surface area contributed by atoms with E-state index in [9.17, 15) is 0 Å². The van der Waals surface area contributed by atoms with E-state index < -0.39 is 0 Å². The van der Waals surface area contributed by atoms with Crippen LogP contribution in [0.15, 0.2) is 49.0 Å². The SMILES string of the molecule is CC(C)(C1C=CC=CO1)C1C=CC=CO1. The summed E-state index contributed by atoms with van der Waals surface area (Å²) in [6, 6.07) is 0. The fraction of sp³-hybridized carbons (Fsp3) is 0.385. The molecule has 0 bridgehead atoms. The molecule has 0 N–H and O–H groups in total. The molecule has 2 unspecified atom stereocenters. The average molecular weight is 204 g/mol. The summed E-state index contributed by atoms with van der Waals surface area (Å²) < 4.78 is 11.2. The van der Waals surface area contributed by atoms with Gasteiger partial charge in [-0.25, -0.2) is 0 Å². The first kappa shape index (κ1) is 10.1. The van der Waals surface area contributed by atoms with Crippen molar-refractivity contribution in [1.29, 1.82) is 0 Å². The highest BCUT2D eigenvalue weighted by molar-refractivity contribution is 5.17. The summed E-state index contributed by atoms with van der Waals surface area (Å²) in [5.74, 6) is 0. The van der Waals surface area contributed by atoms with Crippen molar-refractivity contribution in [3.63, 3.8) is 0 Å². The van der Waals surface area contributed by atoms with Gasteiger partial charge in [0.25, 0.3) is 0 Å². The van der Waals surface area contributed by atoms with Gasteiger partial charge in [-0.15, -0.1) is 0 Å². The van der Waals surface area contributed by atoms with Crippen molar-refractivity contribution >= 4 is 0 Å². The zero-order valence-corrected chi connectivity index (χ0v) is 9.09. The lowest BCUT2D eigenvalue weighted by Crippen LogP contribution is -2.41. The van der Waals surface area contributed by atoms with Gasteiger partial charge in [-0.2, -0.15) is 0 Å². The largest absolute Gasteiger partial charge is 0.493 e. The van der Waals surface area contributed by atoms with E-state index in [1.807, 2.05) is 24.3 Å². The van der Waals surface area contributed by atoms with Crippen LogP contribution in [0.2, 0.25) is 0 Å². The van der Waals surface area contributed by atoms with Crippen LogP contribution in [0.4, 0.5) is 0 Å². The Morgan fingerprint density at radius 1 is 0.800 bits per heavy atom. The average Bonchev–Trinajstić information content (AvgIpc) is 2.31. The van der Waals surface area contributed by atoms with Crippen LogP contribution in [-0.4, -0.2) is 12.2 Å². The Hall–Kier alpha value is -1.44. The van der Waals surface area contributed by atoms with Crippen LogP contribution in [0.3, 0.4) is 0 Å². The topological polar surface area (TPSA) is 18.5 Å². The summed E-state index contributed by atoms with van der Waals surface area (Å²) in [6.07, 6.45) is 15.5. The van der Waals surface area contributed by atoms with Crippen molar-refractivity contribution < 1.29 is 9.47 Å². The summed E-state index contributed by atoms with van der Waals surface area (Å²) in [5.41, 5.74) is -0.0808. The normalized spacial score (nSPS) is 28.7. The molecule has 0 saturated carbocycles. The van der Waals surface area contributed by atoms with E-state index >= 15 is 0 Å². The third-order valence-electron chi connectivity index (χ3n) is 2.87. The highest BCUT2D eigenvalue weighted by Crippen LogP contribution is 2.33. The summed E-state index contributed by atoms with van der Waals surface area (Å²) in [7, 11) is 0. The van der Waals surface area contributed by atoms with Crippen LogP contribution in [0.5, 0.6) is 0 Å². The van der Waals surface area contributed by atoms with Crippen molar-refractivity contribution in [1.82, 2.24) is 0 Å². The maximum Gasteiger partial charge on any atom is 0.125 e. The first-order chi connectivity index (χ1) is 7.21. The lowest BCUT2D eigenvalue weighted by atomic mass is 9.79. The predicted octanol–water partition coefficient (Wildman–Crippen LogP) is 2.95. The third kappa shape index (κ3) is 1.99. The number of allylic oxidation sites excluding steroid dienone is 4. The minimum Gasteiger partial charge on any atom is -0.493 e. The van der Waals surface area contributed by atoms with Gasteiger partial charge in [-0.1, -0.05) is 26.0 Å². The summed E-state index contributed by atoms with van der Waals surface area (Å²) in [6.45, 7) is 4.30. The molecule has 2 heterocycles. The Labute approximate surface area is 90.6 Å². The summed E-state index contributed by atoms with van der Waals surface area (Å²) in [5, 5.41) is 0. The van der Waals surface area contributed by atoms with Crippen molar-refractivity contribution in [2.45, 2.75) is 26.1 Å². The highest BCUT2D eigenvalue weighted by Gasteiger charge is 2.37. The molecular formula is C13H16O2. The molecule has 0 spiro atoms. The molecule has 2 rings (SSSR count). The maximum atomic E-state index is 5.59. The third-order valence-corrected chi connectivity index (χ3v) is 2.87. The van der Waals surface area contributed by atoms with Crippen molar-refractivity contribution in [3.8, 4) is 0 Å². The molecule has 80 valence electrons. The minimum atomic E-state index is -0.0808. The van der Waals surface area contributed by atoms with E-state index in [1.54, 1.807) is 12.5 Å². The van der Waals surface area contributed by atoms with Crippen LogP contribution in [0.25, 0.3) is 0 Å². The Bertz CT molecular complexity index is 302. The second kappa shape index (κ2) is 3.97. The molecule has 0 fully saturated rings. The number of hydrogen-bond donors (Lipinski definition) is 0. The highest BCUT2D eigenvalue weighted by atomic mass is 16.5. The quantitative estimate of drug-likeness (QED) is 0.688. The zero-order valence-electron chi connectivity index (χ0n) is 9.09. The van der Waals surface area contributed by atoms with Gasteiger partial charge in [-0.05, 0) is 24.3 Å². The van der Waals surface area contributed by atoms with Gasteiger partial charge in [0.15, 0.2) is 0 Å². The molecule has 0 aromatic rings. The van der Waals surface area contributed by atoms with Crippen LogP contribution < -0.4 is 0 Å². The molecule has 15 heavy (non-hydrogen) atoms. The predicted molar refractivity (Wildman–Crippen MR) is 60.1 cm³/mol. The van der Waals surface area contributed by atoms with Gasteiger partial charge >= 0.3 is 0 Å². The molecule has 0 aromatic heterocycles.